The van der Waals surface area contributed by atoms with E-state index < -0.39 is 5.54 Å². The maximum Gasteiger partial charge on any atom is 0.332 e. The highest BCUT2D eigenvalue weighted by Gasteiger charge is 2.59. The maximum atomic E-state index is 14.0. The maximum absolute atomic E-state index is 14.0. The first-order valence-electron chi connectivity index (χ1n) is 13.1. The lowest BCUT2D eigenvalue weighted by Gasteiger charge is -2.35. The van der Waals surface area contributed by atoms with E-state index in [2.05, 4.69) is 24.9 Å². The molecule has 1 atom stereocenters. The van der Waals surface area contributed by atoms with Crippen LogP contribution in [0.5, 0.6) is 0 Å². The number of imide groups is 1. The number of para-hydroxylation sites is 1. The van der Waals surface area contributed by atoms with Gasteiger partial charge in [0.1, 0.15) is 0 Å². The van der Waals surface area contributed by atoms with Crippen LogP contribution in [0.15, 0.2) is 48.5 Å². The van der Waals surface area contributed by atoms with E-state index in [-0.39, 0.29) is 17.8 Å². The van der Waals surface area contributed by atoms with Crippen molar-refractivity contribution in [1.29, 1.82) is 0 Å². The van der Waals surface area contributed by atoms with E-state index in [1.165, 1.54) is 4.90 Å². The molecule has 2 aliphatic rings. The molecule has 7 heteroatoms. The molecule has 7 nitrogen and oxygen atoms in total. The van der Waals surface area contributed by atoms with Crippen LogP contribution >= 0.6 is 0 Å². The van der Waals surface area contributed by atoms with Crippen molar-refractivity contribution in [2.45, 2.75) is 58.4 Å². The third-order valence-electron chi connectivity index (χ3n) is 7.67. The van der Waals surface area contributed by atoms with Gasteiger partial charge in [0.15, 0.2) is 5.54 Å². The molecule has 1 N–H and O–H groups in total. The number of carbonyl (C=O) groups is 3. The molecule has 1 saturated heterocycles. The van der Waals surface area contributed by atoms with Crippen LogP contribution < -0.4 is 4.90 Å². The molecule has 36 heavy (non-hydrogen) atoms. The summed E-state index contributed by atoms with van der Waals surface area (Å²) < 4.78 is 0. The molecule has 3 heterocycles. The predicted molar refractivity (Wildman–Crippen MR) is 141 cm³/mol. The first-order valence-corrected chi connectivity index (χ1v) is 13.1. The second-order valence-electron chi connectivity index (χ2n) is 9.97. The number of nitrogens with zero attached hydrogens (tertiary/aromatic N) is 3. The van der Waals surface area contributed by atoms with E-state index in [0.29, 0.717) is 37.3 Å². The summed E-state index contributed by atoms with van der Waals surface area (Å²) in [5.41, 5.74) is 2.68. The summed E-state index contributed by atoms with van der Waals surface area (Å²) in [5.74, 6) is -0.349. The number of fused-ring (bicyclic) bond motifs is 5. The van der Waals surface area contributed by atoms with E-state index >= 15 is 0 Å². The third-order valence-corrected chi connectivity index (χ3v) is 7.67. The number of aromatic nitrogens is 1. The first kappa shape index (κ1) is 24.1. The Balaban J connectivity index is 1.49. The number of hydrogen-bond donors (Lipinski definition) is 1. The smallest absolute Gasteiger partial charge is 0.332 e. The Kier molecular flexibility index (Phi) is 6.33. The molecule has 0 spiro atoms. The van der Waals surface area contributed by atoms with Gasteiger partial charge in [-0.2, -0.15) is 0 Å². The monoisotopic (exact) mass is 486 g/mol. The van der Waals surface area contributed by atoms with Crippen molar-refractivity contribution in [2.75, 3.05) is 24.5 Å². The SMILES string of the molecule is CCCCN(CCCC)C(=O)c1cccc(N2C(=O)N3CCc4c([nH]c5ccccc45)C3(C)C2=O)c1. The minimum Gasteiger partial charge on any atom is -0.356 e. The molecular weight excluding hydrogens is 452 g/mol. The molecule has 3 aromatic rings. The predicted octanol–water partition coefficient (Wildman–Crippen LogP) is 5.45. The van der Waals surface area contributed by atoms with Crippen LogP contribution in [0.3, 0.4) is 0 Å². The molecule has 0 bridgehead atoms. The van der Waals surface area contributed by atoms with Gasteiger partial charge in [-0.3, -0.25) is 9.59 Å². The second-order valence-corrected chi connectivity index (χ2v) is 9.97. The van der Waals surface area contributed by atoms with Crippen LogP contribution in [0, 0.1) is 0 Å². The largest absolute Gasteiger partial charge is 0.356 e. The van der Waals surface area contributed by atoms with E-state index in [1.807, 2.05) is 30.0 Å². The fourth-order valence-electron chi connectivity index (χ4n) is 5.59. The van der Waals surface area contributed by atoms with Gasteiger partial charge in [-0.05, 0) is 56.0 Å². The molecule has 5 rings (SSSR count). The number of anilines is 1. The average molecular weight is 487 g/mol. The van der Waals surface area contributed by atoms with E-state index in [4.69, 9.17) is 0 Å². The fraction of sp³-hybridized carbons (Fsp3) is 0.414. The standard InChI is InChI=1S/C29H34N4O3/c1-4-6-16-31(17-7-5-2)26(34)20-11-10-12-21(19-20)33-27(35)29(3)25-23(15-18-32(29)28(33)36)22-13-8-9-14-24(22)30-25/h8-14,19,30H,4-7,15-18H2,1-3H3. The Hall–Kier alpha value is -3.61. The Morgan fingerprint density at radius 2 is 1.75 bits per heavy atom. The van der Waals surface area contributed by atoms with Crippen molar-refractivity contribution in [3.8, 4) is 0 Å². The second kappa shape index (κ2) is 9.45. The number of benzene rings is 2. The van der Waals surface area contributed by atoms with Gasteiger partial charge in [-0.15, -0.1) is 0 Å². The lowest BCUT2D eigenvalue weighted by molar-refractivity contribution is -0.125. The van der Waals surface area contributed by atoms with Crippen LogP contribution in [-0.4, -0.2) is 52.3 Å². The van der Waals surface area contributed by atoms with Gasteiger partial charge in [0.05, 0.1) is 11.4 Å². The minimum atomic E-state index is -1.11. The number of H-pyrrole nitrogens is 1. The van der Waals surface area contributed by atoms with Crippen molar-refractivity contribution in [2.24, 2.45) is 0 Å². The molecule has 1 unspecified atom stereocenters. The summed E-state index contributed by atoms with van der Waals surface area (Å²) in [6.07, 6.45) is 4.59. The van der Waals surface area contributed by atoms with Gasteiger partial charge in [-0.25, -0.2) is 9.69 Å². The van der Waals surface area contributed by atoms with E-state index in [1.54, 1.807) is 29.2 Å². The summed E-state index contributed by atoms with van der Waals surface area (Å²) in [4.78, 5) is 49.2. The number of unbranched alkanes of at least 4 members (excludes halogenated alkanes) is 2. The topological polar surface area (TPSA) is 76.7 Å². The minimum absolute atomic E-state index is 0.0558. The van der Waals surface area contributed by atoms with Crippen molar-refractivity contribution < 1.29 is 14.4 Å². The number of nitrogens with one attached hydrogen (secondary N) is 1. The van der Waals surface area contributed by atoms with Gasteiger partial charge < -0.3 is 14.8 Å². The van der Waals surface area contributed by atoms with Gasteiger partial charge in [0.25, 0.3) is 11.8 Å². The molecule has 188 valence electrons. The quantitative estimate of drug-likeness (QED) is 0.430. The van der Waals surface area contributed by atoms with Crippen LogP contribution in [0.2, 0.25) is 0 Å². The molecule has 2 aromatic carbocycles. The third kappa shape index (κ3) is 3.69. The number of hydrogen-bond acceptors (Lipinski definition) is 3. The molecule has 0 saturated carbocycles. The zero-order valence-corrected chi connectivity index (χ0v) is 21.3. The zero-order valence-electron chi connectivity index (χ0n) is 21.3. The Morgan fingerprint density at radius 1 is 1.03 bits per heavy atom. The summed E-state index contributed by atoms with van der Waals surface area (Å²) >= 11 is 0. The van der Waals surface area contributed by atoms with Gasteiger partial charge >= 0.3 is 6.03 Å². The number of carbonyl (C=O) groups excluding carboxylic acids is 3. The normalized spacial score (nSPS) is 19.1. The van der Waals surface area contributed by atoms with Gasteiger partial charge in [-0.1, -0.05) is 51.0 Å². The zero-order chi connectivity index (χ0) is 25.4. The van der Waals surface area contributed by atoms with Crippen molar-refractivity contribution >= 4 is 34.4 Å². The average Bonchev–Trinajstić information content (AvgIpc) is 3.37. The summed E-state index contributed by atoms with van der Waals surface area (Å²) in [7, 11) is 0. The van der Waals surface area contributed by atoms with Crippen LogP contribution in [0.1, 0.15) is 68.1 Å². The van der Waals surface area contributed by atoms with Crippen LogP contribution in [0.4, 0.5) is 10.5 Å². The highest BCUT2D eigenvalue weighted by atomic mass is 16.2. The number of amides is 4. The molecule has 1 fully saturated rings. The number of aromatic amines is 1. The molecule has 0 radical (unpaired) electrons. The van der Waals surface area contributed by atoms with Crippen molar-refractivity contribution in [3.63, 3.8) is 0 Å². The fourth-order valence-corrected chi connectivity index (χ4v) is 5.59. The molecule has 0 aliphatic carbocycles. The summed E-state index contributed by atoms with van der Waals surface area (Å²) in [6, 6.07) is 14.6. The molecule has 2 aliphatic heterocycles. The van der Waals surface area contributed by atoms with Crippen LogP contribution in [0.25, 0.3) is 10.9 Å². The van der Waals surface area contributed by atoms with Crippen molar-refractivity contribution in [3.05, 3.63) is 65.4 Å². The number of rotatable bonds is 8. The van der Waals surface area contributed by atoms with Crippen molar-refractivity contribution in [1.82, 2.24) is 14.8 Å². The lowest BCUT2D eigenvalue weighted by atomic mass is 9.87. The Morgan fingerprint density at radius 3 is 2.47 bits per heavy atom. The van der Waals surface area contributed by atoms with Gasteiger partial charge in [0, 0.05) is 36.1 Å². The Labute approximate surface area is 212 Å². The van der Waals surface area contributed by atoms with Gasteiger partial charge in [0.2, 0.25) is 0 Å². The highest BCUT2D eigenvalue weighted by molar-refractivity contribution is 6.24. The molecule has 4 amide bonds. The molecular formula is C29H34N4O3. The van der Waals surface area contributed by atoms with E-state index in [0.717, 1.165) is 47.8 Å². The summed E-state index contributed by atoms with van der Waals surface area (Å²) in [6.45, 7) is 7.93. The first-order chi connectivity index (χ1) is 17.4. The highest BCUT2D eigenvalue weighted by Crippen LogP contribution is 2.45. The number of urea groups is 1. The summed E-state index contributed by atoms with van der Waals surface area (Å²) in [5, 5.41) is 1.10. The Bertz CT molecular complexity index is 1320. The molecule has 1 aromatic heterocycles. The van der Waals surface area contributed by atoms with Crippen LogP contribution in [-0.2, 0) is 16.8 Å². The van der Waals surface area contributed by atoms with E-state index in [9.17, 15) is 14.4 Å². The lowest BCUT2D eigenvalue weighted by Crippen LogP contribution is -2.49.